The number of rotatable bonds is 17. The van der Waals surface area contributed by atoms with Crippen LogP contribution in [-0.4, -0.2) is 78.7 Å². The molecule has 0 bridgehead atoms. The molecule has 2 saturated heterocycles. The number of likely N-dealkylation sites (tertiary alicyclic amines) is 1. The van der Waals surface area contributed by atoms with Gasteiger partial charge in [0.25, 0.3) is 5.91 Å². The summed E-state index contributed by atoms with van der Waals surface area (Å²) in [4.78, 5) is 51.5. The second-order valence-electron chi connectivity index (χ2n) is 15.6. The van der Waals surface area contributed by atoms with Gasteiger partial charge in [0, 0.05) is 42.1 Å². The summed E-state index contributed by atoms with van der Waals surface area (Å²) in [5.74, 6) is 2.27. The molecule has 2 fully saturated rings. The van der Waals surface area contributed by atoms with E-state index < -0.39 is 6.04 Å². The van der Waals surface area contributed by atoms with Crippen LogP contribution in [0.25, 0.3) is 22.3 Å². The molecule has 13 heteroatoms. The molecule has 0 spiro atoms. The number of benzene rings is 3. The van der Waals surface area contributed by atoms with Crippen LogP contribution in [0.4, 0.5) is 5.82 Å². The third-order valence-corrected chi connectivity index (χ3v) is 12.9. The number of nitrogen functional groups attached to an aromatic ring is 1. The van der Waals surface area contributed by atoms with Crippen molar-refractivity contribution in [2.45, 2.75) is 101 Å². The van der Waals surface area contributed by atoms with E-state index in [9.17, 15) is 14.4 Å². The van der Waals surface area contributed by atoms with E-state index in [2.05, 4.69) is 30.9 Å². The third kappa shape index (κ3) is 9.05. The Hall–Kier alpha value is -5.27. The third-order valence-electron chi connectivity index (χ3n) is 11.7. The van der Waals surface area contributed by atoms with Crippen molar-refractivity contribution in [3.8, 4) is 22.8 Å². The molecule has 58 heavy (non-hydrogen) atoms. The Morgan fingerprint density at radius 2 is 1.52 bits per heavy atom. The lowest BCUT2D eigenvalue weighted by Crippen LogP contribution is -2.52. The number of carbonyl (C=O) groups excluding carboxylic acids is 3. The van der Waals surface area contributed by atoms with Crippen molar-refractivity contribution in [3.63, 3.8) is 0 Å². The number of nitrogens with two attached hydrogens (primary N) is 1. The number of imide groups is 1. The number of ether oxygens (including phenoxy) is 1. The van der Waals surface area contributed by atoms with E-state index >= 15 is 0 Å². The van der Waals surface area contributed by atoms with Gasteiger partial charge in [-0.1, -0.05) is 62.8 Å². The van der Waals surface area contributed by atoms with Gasteiger partial charge in [-0.25, -0.2) is 14.6 Å². The molecule has 0 radical (unpaired) electrons. The Bertz CT molecular complexity index is 2220. The molecule has 2 aromatic heterocycles. The molecule has 3 N–H and O–H groups in total. The molecule has 1 atom stereocenters. The van der Waals surface area contributed by atoms with Crippen LogP contribution in [0.15, 0.2) is 84.0 Å². The summed E-state index contributed by atoms with van der Waals surface area (Å²) in [5, 5.41) is 8.29. The number of amides is 3. The average molecular weight is 801 g/mol. The highest BCUT2D eigenvalue weighted by atomic mass is 32.2. The number of para-hydroxylation sites is 1. The average Bonchev–Trinajstić information content (AvgIpc) is 3.80. The fraction of sp³-hybridized carbons (Fsp3) is 0.422. The highest BCUT2D eigenvalue weighted by Gasteiger charge is 2.39. The number of thioether (sulfide) groups is 1. The molecule has 3 aliphatic rings. The molecule has 5 aromatic rings. The van der Waals surface area contributed by atoms with Crippen LogP contribution in [0.1, 0.15) is 99.0 Å². The van der Waals surface area contributed by atoms with Crippen LogP contribution in [0, 0.1) is 0 Å². The maximum atomic E-state index is 13.1. The van der Waals surface area contributed by atoms with Gasteiger partial charge in [0.1, 0.15) is 35.4 Å². The Kier molecular flexibility index (Phi) is 12.6. The molecular formula is C45H52N8O4S. The van der Waals surface area contributed by atoms with Crippen molar-refractivity contribution in [2.24, 2.45) is 0 Å². The van der Waals surface area contributed by atoms with Gasteiger partial charge in [-0.05, 0) is 98.5 Å². The first-order chi connectivity index (χ1) is 28.4. The number of anilines is 1. The van der Waals surface area contributed by atoms with E-state index in [1.54, 1.807) is 4.90 Å². The second-order valence-corrected chi connectivity index (χ2v) is 16.8. The van der Waals surface area contributed by atoms with E-state index in [1.165, 1.54) is 51.3 Å². The van der Waals surface area contributed by atoms with E-state index in [1.807, 2.05) is 78.5 Å². The van der Waals surface area contributed by atoms with Crippen molar-refractivity contribution >= 4 is 46.3 Å². The molecule has 0 aliphatic carbocycles. The van der Waals surface area contributed by atoms with Gasteiger partial charge in [-0.2, -0.15) is 5.10 Å². The molecule has 3 aromatic carbocycles. The van der Waals surface area contributed by atoms with Gasteiger partial charge in [-0.15, -0.1) is 11.8 Å². The first kappa shape index (κ1) is 39.6. The predicted octanol–water partition coefficient (Wildman–Crippen LogP) is 8.18. The molecule has 8 rings (SSSR count). The van der Waals surface area contributed by atoms with Gasteiger partial charge in [-0.3, -0.25) is 19.7 Å². The minimum Gasteiger partial charge on any atom is -0.457 e. The highest BCUT2D eigenvalue weighted by molar-refractivity contribution is 7.99. The molecule has 0 saturated carbocycles. The monoisotopic (exact) mass is 800 g/mol. The van der Waals surface area contributed by atoms with Gasteiger partial charge in [0.15, 0.2) is 5.65 Å². The lowest BCUT2D eigenvalue weighted by Gasteiger charge is -2.32. The number of nitrogens with one attached hydrogen (secondary N) is 1. The Morgan fingerprint density at radius 3 is 2.28 bits per heavy atom. The number of aromatic nitrogens is 4. The van der Waals surface area contributed by atoms with E-state index in [-0.39, 0.29) is 30.2 Å². The zero-order chi connectivity index (χ0) is 39.8. The predicted molar refractivity (Wildman–Crippen MR) is 227 cm³/mol. The first-order valence-corrected chi connectivity index (χ1v) is 21.9. The normalized spacial score (nSPS) is 17.6. The van der Waals surface area contributed by atoms with Crippen molar-refractivity contribution in [2.75, 3.05) is 31.1 Å². The summed E-state index contributed by atoms with van der Waals surface area (Å²) >= 11 is 1.81. The second kappa shape index (κ2) is 18.5. The van der Waals surface area contributed by atoms with Gasteiger partial charge >= 0.3 is 0 Å². The maximum absolute atomic E-state index is 13.1. The molecule has 1 unspecified atom stereocenters. The Balaban J connectivity index is 0.717. The summed E-state index contributed by atoms with van der Waals surface area (Å²) in [7, 11) is 0. The molecule has 5 heterocycles. The number of carbonyl (C=O) groups is 3. The number of hydrogen-bond donors (Lipinski definition) is 2. The van der Waals surface area contributed by atoms with Crippen LogP contribution in [0.3, 0.4) is 0 Å². The fourth-order valence-corrected chi connectivity index (χ4v) is 9.61. The van der Waals surface area contributed by atoms with Crippen LogP contribution < -0.4 is 15.8 Å². The molecule has 12 nitrogen and oxygen atoms in total. The number of hydrogen-bond acceptors (Lipinski definition) is 10. The Labute approximate surface area is 343 Å². The topological polar surface area (TPSA) is 149 Å². The molecular weight excluding hydrogens is 749 g/mol. The maximum Gasteiger partial charge on any atom is 0.255 e. The highest BCUT2D eigenvalue weighted by Crippen LogP contribution is 2.37. The minimum absolute atomic E-state index is 0.110. The quantitative estimate of drug-likeness (QED) is 0.0536. The standard InChI is InChI=1S/C45H52N8O4S/c46-42-40-41(31-17-19-34(20-18-31)57-33-13-8-7-9-14-33)50-53(43(40)48-30-47-42)32-23-26-51(27-24-32)25-10-5-3-1-2-4-6-11-28-58-38-16-12-15-35-36(38)29-52(45(35)56)37-21-22-39(54)49-44(37)55/h7-9,12-20,30,32,37H,1-6,10-11,21-29H2,(H2,46,47,48)(H,49,54,55). The van der Waals surface area contributed by atoms with Crippen LogP contribution in [0.5, 0.6) is 11.5 Å². The van der Waals surface area contributed by atoms with Crippen molar-refractivity contribution in [1.29, 1.82) is 0 Å². The van der Waals surface area contributed by atoms with E-state index in [0.29, 0.717) is 24.3 Å². The molecule has 302 valence electrons. The molecule has 3 aliphatic heterocycles. The van der Waals surface area contributed by atoms with Gasteiger partial charge in [0.2, 0.25) is 11.8 Å². The van der Waals surface area contributed by atoms with Crippen LogP contribution >= 0.6 is 11.8 Å². The SMILES string of the molecule is Nc1ncnc2c1c(-c1ccc(Oc3ccccc3)cc1)nn2C1CCN(CCCCCCCCCCSc2cccc3c2CN(C2CCC(=O)NC2=O)C3=O)CC1. The van der Waals surface area contributed by atoms with E-state index in [4.69, 9.17) is 15.6 Å². The smallest absolute Gasteiger partial charge is 0.255 e. The zero-order valence-corrected chi connectivity index (χ0v) is 33.8. The first-order valence-electron chi connectivity index (χ1n) is 20.9. The molecule has 3 amide bonds. The summed E-state index contributed by atoms with van der Waals surface area (Å²) in [6.07, 6.45) is 14.2. The lowest BCUT2D eigenvalue weighted by atomic mass is 10.0. The summed E-state index contributed by atoms with van der Waals surface area (Å²) in [6, 6.07) is 23.3. The van der Waals surface area contributed by atoms with Crippen LogP contribution in [-0.2, 0) is 16.1 Å². The number of piperidine rings is 2. The van der Waals surface area contributed by atoms with E-state index in [0.717, 1.165) is 88.9 Å². The number of unbranched alkanes of at least 4 members (excludes halogenated alkanes) is 7. The number of fused-ring (bicyclic) bond motifs is 2. The van der Waals surface area contributed by atoms with Gasteiger partial charge < -0.3 is 20.3 Å². The fourth-order valence-electron chi connectivity index (χ4n) is 8.52. The summed E-state index contributed by atoms with van der Waals surface area (Å²) < 4.78 is 8.09. The lowest BCUT2D eigenvalue weighted by molar-refractivity contribution is -0.136. The summed E-state index contributed by atoms with van der Waals surface area (Å²) in [6.45, 7) is 3.67. The van der Waals surface area contributed by atoms with Gasteiger partial charge in [0.05, 0.1) is 11.4 Å². The van der Waals surface area contributed by atoms with Crippen LogP contribution in [0.2, 0.25) is 0 Å². The van der Waals surface area contributed by atoms with Crippen molar-refractivity contribution in [3.05, 3.63) is 90.3 Å². The van der Waals surface area contributed by atoms with Crippen molar-refractivity contribution < 1.29 is 19.1 Å². The zero-order valence-electron chi connectivity index (χ0n) is 33.0. The largest absolute Gasteiger partial charge is 0.457 e. The number of nitrogens with zero attached hydrogens (tertiary/aromatic N) is 6. The summed E-state index contributed by atoms with van der Waals surface area (Å²) in [5.41, 5.74) is 10.7. The minimum atomic E-state index is -0.576. The Morgan fingerprint density at radius 1 is 0.793 bits per heavy atom. The van der Waals surface area contributed by atoms with Crippen molar-refractivity contribution in [1.82, 2.24) is 34.9 Å².